The lowest BCUT2D eigenvalue weighted by Gasteiger charge is -2.34. The zero-order valence-electron chi connectivity index (χ0n) is 22.4. The minimum Gasteiger partial charge on any atom is -0.359 e. The van der Waals surface area contributed by atoms with Gasteiger partial charge < -0.3 is 20.3 Å². The highest BCUT2D eigenvalue weighted by atomic mass is 35.5. The molecule has 2 aromatic rings. The molecule has 0 radical (unpaired) electrons. The molecule has 2 aromatic carbocycles. The predicted molar refractivity (Wildman–Crippen MR) is 154 cm³/mol. The van der Waals surface area contributed by atoms with Gasteiger partial charge in [-0.15, -0.1) is 0 Å². The Morgan fingerprint density at radius 2 is 1.82 bits per heavy atom. The molecule has 7 nitrogen and oxygen atoms in total. The number of hydrogen-bond acceptors (Lipinski definition) is 4. The fourth-order valence-corrected chi connectivity index (χ4v) is 7.28. The molecule has 1 saturated carbocycles. The number of amides is 3. The summed E-state index contributed by atoms with van der Waals surface area (Å²) in [5, 5.41) is 7.30. The van der Waals surface area contributed by atoms with E-state index in [1.807, 2.05) is 49.4 Å². The molecule has 4 aliphatic rings. The highest BCUT2D eigenvalue weighted by Crippen LogP contribution is 2.55. The minimum absolute atomic E-state index is 0.0742. The van der Waals surface area contributed by atoms with Crippen LogP contribution in [0.25, 0.3) is 0 Å². The quantitative estimate of drug-likeness (QED) is 0.446. The van der Waals surface area contributed by atoms with Crippen molar-refractivity contribution in [3.8, 4) is 0 Å². The van der Waals surface area contributed by atoms with Gasteiger partial charge in [-0.25, -0.2) is 0 Å². The summed E-state index contributed by atoms with van der Waals surface area (Å²) >= 11 is 12.7. The molecule has 9 heteroatoms. The number of fused-ring (bicyclic) bond motifs is 1. The first kappa shape index (κ1) is 27.3. The van der Waals surface area contributed by atoms with Crippen molar-refractivity contribution < 1.29 is 19.1 Å². The number of carbonyl (C=O) groups is 3. The molecule has 5 atom stereocenters. The maximum absolute atomic E-state index is 14.1. The van der Waals surface area contributed by atoms with Crippen molar-refractivity contribution in [3.63, 3.8) is 0 Å². The number of halogens is 2. The molecule has 40 heavy (non-hydrogen) atoms. The van der Waals surface area contributed by atoms with E-state index in [0.29, 0.717) is 22.2 Å². The van der Waals surface area contributed by atoms with Crippen LogP contribution in [-0.2, 0) is 25.5 Å². The summed E-state index contributed by atoms with van der Waals surface area (Å²) < 4.78 is 6.45. The summed E-state index contributed by atoms with van der Waals surface area (Å²) in [5.74, 6) is -2.37. The standard InChI is InChI=1S/C31H33Cl2N3O4/c1-18-11-12-21(17-23(18)33)35-28(37)25-24-13-15-31(40-24)26(25)30(39)36(16-14-19-7-5-6-10-22(19)32)27(31)29(38)34-20-8-3-2-4-9-20/h5-7,10-13,15,17,20,24-27H,2-4,8-9,14,16H2,1H3,(H,34,38)(H,35,37)/t24-,25+,26-,27-,31-/m0/s1. The van der Waals surface area contributed by atoms with E-state index in [1.54, 1.807) is 17.0 Å². The monoisotopic (exact) mass is 581 g/mol. The van der Waals surface area contributed by atoms with Crippen molar-refractivity contribution >= 4 is 46.6 Å². The summed E-state index contributed by atoms with van der Waals surface area (Å²) in [5.41, 5.74) is 1.14. The number of anilines is 1. The second-order valence-electron chi connectivity index (χ2n) is 11.4. The number of ether oxygens (including phenoxy) is 1. The van der Waals surface area contributed by atoms with Crippen molar-refractivity contribution in [3.05, 3.63) is 75.8 Å². The van der Waals surface area contributed by atoms with Crippen LogP contribution in [0.5, 0.6) is 0 Å². The molecular formula is C31H33Cl2N3O4. The molecule has 1 spiro atoms. The maximum atomic E-state index is 14.1. The van der Waals surface area contributed by atoms with Crippen LogP contribution >= 0.6 is 23.2 Å². The number of aryl methyl sites for hydroxylation is 1. The Kier molecular flexibility index (Phi) is 7.40. The van der Waals surface area contributed by atoms with Crippen LogP contribution in [0.1, 0.15) is 43.2 Å². The van der Waals surface area contributed by atoms with Gasteiger partial charge in [0.1, 0.15) is 11.6 Å². The normalized spacial score (nSPS) is 29.1. The zero-order chi connectivity index (χ0) is 28.0. The molecule has 0 unspecified atom stereocenters. The van der Waals surface area contributed by atoms with Gasteiger partial charge in [-0.1, -0.05) is 78.9 Å². The third kappa shape index (κ3) is 4.72. The maximum Gasteiger partial charge on any atom is 0.246 e. The summed E-state index contributed by atoms with van der Waals surface area (Å²) in [4.78, 5) is 43.4. The fraction of sp³-hybridized carbons (Fsp3) is 0.452. The van der Waals surface area contributed by atoms with Gasteiger partial charge in [0.25, 0.3) is 0 Å². The van der Waals surface area contributed by atoms with E-state index in [1.165, 1.54) is 6.42 Å². The van der Waals surface area contributed by atoms with Gasteiger partial charge in [0.05, 0.1) is 17.9 Å². The van der Waals surface area contributed by atoms with E-state index in [2.05, 4.69) is 10.6 Å². The average Bonchev–Trinajstić information content (AvgIpc) is 3.58. The van der Waals surface area contributed by atoms with Crippen LogP contribution in [0.3, 0.4) is 0 Å². The smallest absolute Gasteiger partial charge is 0.246 e. The molecule has 6 rings (SSSR count). The van der Waals surface area contributed by atoms with Gasteiger partial charge >= 0.3 is 0 Å². The van der Waals surface area contributed by atoms with Crippen LogP contribution in [-0.4, -0.2) is 53.0 Å². The van der Waals surface area contributed by atoms with E-state index in [4.69, 9.17) is 27.9 Å². The molecule has 2 N–H and O–H groups in total. The SMILES string of the molecule is Cc1ccc(NC(=O)[C@@H]2[C@@H]3C=C[C@]4(O3)[C@@H]2C(=O)N(CCc2ccccc2Cl)[C@H]4C(=O)NC2CCCCC2)cc1Cl. The number of rotatable bonds is 7. The van der Waals surface area contributed by atoms with Crippen molar-refractivity contribution in [1.29, 1.82) is 0 Å². The topological polar surface area (TPSA) is 87.7 Å². The molecule has 3 amide bonds. The van der Waals surface area contributed by atoms with E-state index >= 15 is 0 Å². The Labute approximate surface area is 244 Å². The Hall–Kier alpha value is -2.87. The molecule has 210 valence electrons. The van der Waals surface area contributed by atoms with Crippen LogP contribution in [0.15, 0.2) is 54.6 Å². The van der Waals surface area contributed by atoms with E-state index in [0.717, 1.165) is 36.8 Å². The molecule has 2 bridgehead atoms. The average molecular weight is 583 g/mol. The lowest BCUT2D eigenvalue weighted by molar-refractivity contribution is -0.141. The first-order chi connectivity index (χ1) is 19.3. The zero-order valence-corrected chi connectivity index (χ0v) is 23.9. The predicted octanol–water partition coefficient (Wildman–Crippen LogP) is 5.08. The number of likely N-dealkylation sites (tertiary alicyclic amines) is 1. The summed E-state index contributed by atoms with van der Waals surface area (Å²) in [6.07, 6.45) is 8.71. The molecule has 2 saturated heterocycles. The Morgan fingerprint density at radius 1 is 1.05 bits per heavy atom. The van der Waals surface area contributed by atoms with Crippen LogP contribution in [0, 0.1) is 18.8 Å². The van der Waals surface area contributed by atoms with Gasteiger partial charge in [0.2, 0.25) is 17.7 Å². The number of nitrogens with one attached hydrogen (secondary N) is 2. The van der Waals surface area contributed by atoms with Crippen LogP contribution in [0.2, 0.25) is 10.0 Å². The van der Waals surface area contributed by atoms with Crippen molar-refractivity contribution in [2.45, 2.75) is 69.2 Å². The summed E-state index contributed by atoms with van der Waals surface area (Å²) in [6.45, 7) is 2.17. The van der Waals surface area contributed by atoms with Gasteiger partial charge in [-0.3, -0.25) is 14.4 Å². The summed E-state index contributed by atoms with van der Waals surface area (Å²) in [7, 11) is 0. The lowest BCUT2D eigenvalue weighted by atomic mass is 9.74. The molecule has 3 aliphatic heterocycles. The molecule has 3 heterocycles. The Bertz CT molecular complexity index is 1370. The Morgan fingerprint density at radius 3 is 2.58 bits per heavy atom. The molecule has 0 aromatic heterocycles. The van der Waals surface area contributed by atoms with Gasteiger partial charge in [0.15, 0.2) is 0 Å². The number of hydrogen-bond donors (Lipinski definition) is 2. The number of nitrogens with zero attached hydrogens (tertiary/aromatic N) is 1. The van der Waals surface area contributed by atoms with E-state index < -0.39 is 29.6 Å². The largest absolute Gasteiger partial charge is 0.359 e. The second kappa shape index (κ2) is 10.8. The lowest BCUT2D eigenvalue weighted by Crippen LogP contribution is -2.56. The van der Waals surface area contributed by atoms with E-state index in [-0.39, 0.29) is 30.3 Å². The first-order valence-electron chi connectivity index (χ1n) is 14.1. The summed E-state index contributed by atoms with van der Waals surface area (Å²) in [6, 6.07) is 12.0. The molecular weight excluding hydrogens is 549 g/mol. The van der Waals surface area contributed by atoms with Crippen molar-refractivity contribution in [1.82, 2.24) is 10.2 Å². The molecule has 3 fully saturated rings. The van der Waals surface area contributed by atoms with Gasteiger partial charge in [-0.05, 0) is 55.5 Å². The minimum atomic E-state index is -1.20. The van der Waals surface area contributed by atoms with Gasteiger partial charge in [-0.2, -0.15) is 0 Å². The molecule has 1 aliphatic carbocycles. The Balaban J connectivity index is 1.30. The highest BCUT2D eigenvalue weighted by molar-refractivity contribution is 6.31. The van der Waals surface area contributed by atoms with Gasteiger partial charge in [0, 0.05) is 28.3 Å². The van der Waals surface area contributed by atoms with E-state index in [9.17, 15) is 14.4 Å². The third-order valence-corrected chi connectivity index (χ3v) is 9.67. The highest BCUT2D eigenvalue weighted by Gasteiger charge is 2.72. The van der Waals surface area contributed by atoms with Crippen molar-refractivity contribution in [2.24, 2.45) is 11.8 Å². The third-order valence-electron chi connectivity index (χ3n) is 8.90. The second-order valence-corrected chi connectivity index (χ2v) is 12.2. The van der Waals surface area contributed by atoms with Crippen molar-refractivity contribution in [2.75, 3.05) is 11.9 Å². The first-order valence-corrected chi connectivity index (χ1v) is 14.8. The number of benzene rings is 2. The van der Waals surface area contributed by atoms with Crippen LogP contribution < -0.4 is 10.6 Å². The fourth-order valence-electron chi connectivity index (χ4n) is 6.87. The number of carbonyl (C=O) groups excluding carboxylic acids is 3. The van der Waals surface area contributed by atoms with Crippen LogP contribution in [0.4, 0.5) is 5.69 Å².